The van der Waals surface area contributed by atoms with Crippen LogP contribution in [-0.2, 0) is 0 Å². The molecular formula is C13H15BrN2O4. The monoisotopic (exact) mass is 342 g/mol. The number of rotatable bonds is 3. The SMILES string of the molecule is COc1cc([N+](=O)[O-])ccc1C(=O)N1CCCC(Br)C1. The fourth-order valence-electron chi connectivity index (χ4n) is 2.25. The number of non-ortho nitro benzene ring substituents is 1. The number of piperidine rings is 1. The smallest absolute Gasteiger partial charge is 0.273 e. The highest BCUT2D eigenvalue weighted by molar-refractivity contribution is 9.09. The Bertz CT molecular complexity index is 535. The number of carbonyl (C=O) groups is 1. The number of benzene rings is 1. The highest BCUT2D eigenvalue weighted by Gasteiger charge is 2.26. The summed E-state index contributed by atoms with van der Waals surface area (Å²) in [5, 5.41) is 10.7. The molecule has 0 aromatic heterocycles. The third-order valence-corrected chi connectivity index (χ3v) is 4.02. The van der Waals surface area contributed by atoms with E-state index in [1.165, 1.54) is 25.3 Å². The van der Waals surface area contributed by atoms with Crippen LogP contribution in [-0.4, -0.2) is 40.8 Å². The summed E-state index contributed by atoms with van der Waals surface area (Å²) in [4.78, 5) is 24.7. The Morgan fingerprint density at radius 2 is 2.30 bits per heavy atom. The molecule has 0 spiro atoms. The van der Waals surface area contributed by atoms with Gasteiger partial charge in [-0.05, 0) is 18.9 Å². The van der Waals surface area contributed by atoms with Crippen LogP contribution in [0.3, 0.4) is 0 Å². The van der Waals surface area contributed by atoms with Crippen LogP contribution in [0.25, 0.3) is 0 Å². The average Bonchev–Trinajstić information content (AvgIpc) is 2.45. The molecule has 2 rings (SSSR count). The maximum Gasteiger partial charge on any atom is 0.273 e. The van der Waals surface area contributed by atoms with Crippen molar-refractivity contribution < 1.29 is 14.5 Å². The minimum Gasteiger partial charge on any atom is -0.496 e. The summed E-state index contributed by atoms with van der Waals surface area (Å²) in [5.74, 6) is 0.0850. The molecular weight excluding hydrogens is 328 g/mol. The van der Waals surface area contributed by atoms with E-state index >= 15 is 0 Å². The van der Waals surface area contributed by atoms with Crippen molar-refractivity contribution in [3.63, 3.8) is 0 Å². The molecule has 1 aliphatic rings. The van der Waals surface area contributed by atoms with Gasteiger partial charge in [-0.25, -0.2) is 0 Å². The molecule has 108 valence electrons. The fraction of sp³-hybridized carbons (Fsp3) is 0.462. The number of likely N-dealkylation sites (tertiary alicyclic amines) is 1. The van der Waals surface area contributed by atoms with Crippen LogP contribution in [0.4, 0.5) is 5.69 Å². The quantitative estimate of drug-likeness (QED) is 0.480. The van der Waals surface area contributed by atoms with Gasteiger partial charge in [0.1, 0.15) is 5.75 Å². The molecule has 1 unspecified atom stereocenters. The lowest BCUT2D eigenvalue weighted by atomic mass is 10.1. The second-order valence-electron chi connectivity index (χ2n) is 4.63. The summed E-state index contributed by atoms with van der Waals surface area (Å²) in [6.07, 6.45) is 1.98. The maximum atomic E-state index is 12.5. The summed E-state index contributed by atoms with van der Waals surface area (Å²) in [6, 6.07) is 4.06. The molecule has 1 atom stereocenters. The molecule has 6 nitrogen and oxygen atoms in total. The van der Waals surface area contributed by atoms with Crippen molar-refractivity contribution in [2.75, 3.05) is 20.2 Å². The Hall–Kier alpha value is -1.63. The number of alkyl halides is 1. The van der Waals surface area contributed by atoms with Gasteiger partial charge < -0.3 is 9.64 Å². The van der Waals surface area contributed by atoms with E-state index in [9.17, 15) is 14.9 Å². The molecule has 20 heavy (non-hydrogen) atoms. The summed E-state index contributed by atoms with van der Waals surface area (Å²) in [6.45, 7) is 1.33. The number of hydrogen-bond donors (Lipinski definition) is 0. The first kappa shape index (κ1) is 14.8. The molecule has 7 heteroatoms. The van der Waals surface area contributed by atoms with Gasteiger partial charge in [0.05, 0.1) is 23.7 Å². The molecule has 1 aromatic carbocycles. The largest absolute Gasteiger partial charge is 0.496 e. The van der Waals surface area contributed by atoms with Crippen molar-refractivity contribution in [1.82, 2.24) is 4.90 Å². The van der Waals surface area contributed by atoms with Crippen molar-refractivity contribution in [1.29, 1.82) is 0 Å². The van der Waals surface area contributed by atoms with E-state index in [-0.39, 0.29) is 17.3 Å². The predicted molar refractivity (Wildman–Crippen MR) is 77.5 cm³/mol. The Labute approximate surface area is 125 Å². The first-order valence-electron chi connectivity index (χ1n) is 6.28. The molecule has 1 heterocycles. The lowest BCUT2D eigenvalue weighted by molar-refractivity contribution is -0.384. The summed E-state index contributed by atoms with van der Waals surface area (Å²) >= 11 is 3.52. The molecule has 1 saturated heterocycles. The van der Waals surface area contributed by atoms with Crippen LogP contribution in [0.1, 0.15) is 23.2 Å². The van der Waals surface area contributed by atoms with Crippen LogP contribution in [0.2, 0.25) is 0 Å². The van der Waals surface area contributed by atoms with Gasteiger partial charge in [0, 0.05) is 24.0 Å². The van der Waals surface area contributed by atoms with E-state index in [0.717, 1.165) is 12.8 Å². The maximum absolute atomic E-state index is 12.5. The molecule has 1 aromatic rings. The zero-order valence-corrected chi connectivity index (χ0v) is 12.6. The lowest BCUT2D eigenvalue weighted by Crippen LogP contribution is -2.40. The highest BCUT2D eigenvalue weighted by atomic mass is 79.9. The number of amides is 1. The molecule has 0 bridgehead atoms. The minimum absolute atomic E-state index is 0.0876. The second kappa shape index (κ2) is 6.21. The number of hydrogen-bond acceptors (Lipinski definition) is 4. The topological polar surface area (TPSA) is 72.7 Å². The van der Waals surface area contributed by atoms with Gasteiger partial charge in [0.25, 0.3) is 11.6 Å². The average molecular weight is 343 g/mol. The van der Waals surface area contributed by atoms with Crippen molar-refractivity contribution in [2.24, 2.45) is 0 Å². The number of ether oxygens (including phenoxy) is 1. The van der Waals surface area contributed by atoms with E-state index in [1.807, 2.05) is 0 Å². The van der Waals surface area contributed by atoms with E-state index in [4.69, 9.17) is 4.74 Å². The number of nitrogens with zero attached hydrogens (tertiary/aromatic N) is 2. The number of methoxy groups -OCH3 is 1. The van der Waals surface area contributed by atoms with Gasteiger partial charge in [-0.3, -0.25) is 14.9 Å². The van der Waals surface area contributed by atoms with Crippen molar-refractivity contribution >= 4 is 27.5 Å². The zero-order chi connectivity index (χ0) is 14.7. The third-order valence-electron chi connectivity index (χ3n) is 3.28. The van der Waals surface area contributed by atoms with Gasteiger partial charge in [-0.15, -0.1) is 0 Å². The van der Waals surface area contributed by atoms with Gasteiger partial charge in [-0.1, -0.05) is 15.9 Å². The van der Waals surface area contributed by atoms with Crippen molar-refractivity contribution in [2.45, 2.75) is 17.7 Å². The Balaban J connectivity index is 2.27. The summed E-state index contributed by atoms with van der Waals surface area (Å²) < 4.78 is 5.11. The van der Waals surface area contributed by atoms with Crippen LogP contribution in [0.15, 0.2) is 18.2 Å². The minimum atomic E-state index is -0.508. The fourth-order valence-corrected chi connectivity index (χ4v) is 2.92. The Morgan fingerprint density at radius 1 is 1.55 bits per heavy atom. The first-order valence-corrected chi connectivity index (χ1v) is 7.20. The lowest BCUT2D eigenvalue weighted by Gasteiger charge is -2.30. The van der Waals surface area contributed by atoms with Crippen LogP contribution in [0, 0.1) is 10.1 Å². The van der Waals surface area contributed by atoms with E-state index in [0.29, 0.717) is 23.5 Å². The number of carbonyl (C=O) groups excluding carboxylic acids is 1. The first-order chi connectivity index (χ1) is 9.52. The van der Waals surface area contributed by atoms with Crippen LogP contribution in [0.5, 0.6) is 5.75 Å². The van der Waals surface area contributed by atoms with Crippen molar-refractivity contribution in [3.8, 4) is 5.75 Å². The number of nitro benzene ring substituents is 1. The number of nitro groups is 1. The molecule has 1 aliphatic heterocycles. The van der Waals surface area contributed by atoms with Crippen LogP contribution >= 0.6 is 15.9 Å². The molecule has 0 aliphatic carbocycles. The number of halogens is 1. The van der Waals surface area contributed by atoms with Crippen LogP contribution < -0.4 is 4.74 Å². The van der Waals surface area contributed by atoms with Gasteiger partial charge in [0.2, 0.25) is 0 Å². The molecule has 1 fully saturated rings. The Morgan fingerprint density at radius 3 is 2.90 bits per heavy atom. The molecule has 1 amide bonds. The normalized spacial score (nSPS) is 18.7. The van der Waals surface area contributed by atoms with Gasteiger partial charge in [-0.2, -0.15) is 0 Å². The van der Waals surface area contributed by atoms with E-state index in [1.54, 1.807) is 4.90 Å². The summed E-state index contributed by atoms with van der Waals surface area (Å²) in [5.41, 5.74) is 0.273. The predicted octanol–water partition coefficient (Wildman–Crippen LogP) is 2.60. The van der Waals surface area contributed by atoms with E-state index < -0.39 is 4.92 Å². The Kier molecular flexibility index (Phi) is 4.59. The molecule has 0 N–H and O–H groups in total. The van der Waals surface area contributed by atoms with Crippen molar-refractivity contribution in [3.05, 3.63) is 33.9 Å². The third kappa shape index (κ3) is 3.09. The standard InChI is InChI=1S/C13H15BrN2O4/c1-20-12-7-10(16(18)19)4-5-11(12)13(17)15-6-2-3-9(14)8-15/h4-5,7,9H,2-3,6,8H2,1H3. The molecule has 0 saturated carbocycles. The summed E-state index contributed by atoms with van der Waals surface area (Å²) in [7, 11) is 1.40. The zero-order valence-electron chi connectivity index (χ0n) is 11.0. The second-order valence-corrected chi connectivity index (χ2v) is 5.93. The van der Waals surface area contributed by atoms with Gasteiger partial charge >= 0.3 is 0 Å². The molecule has 0 radical (unpaired) electrons. The van der Waals surface area contributed by atoms with E-state index in [2.05, 4.69) is 15.9 Å². The highest BCUT2D eigenvalue weighted by Crippen LogP contribution is 2.27. The van der Waals surface area contributed by atoms with Gasteiger partial charge in [0.15, 0.2) is 0 Å².